The van der Waals surface area contributed by atoms with Crippen molar-refractivity contribution in [1.29, 1.82) is 5.26 Å². The molecule has 0 aliphatic heterocycles. The molecule has 0 amide bonds. The largest absolute Gasteiger partial charge is 0.495 e. The minimum absolute atomic E-state index is 0.582. The molecule has 0 bridgehead atoms. The number of nitriles is 1. The summed E-state index contributed by atoms with van der Waals surface area (Å²) in [5, 5.41) is 12.4. The van der Waals surface area contributed by atoms with Crippen LogP contribution in [-0.4, -0.2) is 20.3 Å². The second-order valence-electron chi connectivity index (χ2n) is 4.44. The van der Waals surface area contributed by atoms with Gasteiger partial charge in [-0.1, -0.05) is 24.3 Å². The highest BCUT2D eigenvalue weighted by Crippen LogP contribution is 2.27. The predicted molar refractivity (Wildman–Crippen MR) is 82.8 cm³/mol. The fourth-order valence-electron chi connectivity index (χ4n) is 1.97. The van der Waals surface area contributed by atoms with Crippen LogP contribution in [-0.2, 0) is 0 Å². The van der Waals surface area contributed by atoms with Gasteiger partial charge in [0, 0.05) is 6.54 Å². The van der Waals surface area contributed by atoms with Gasteiger partial charge in [0.05, 0.1) is 25.0 Å². The molecule has 0 aliphatic rings. The van der Waals surface area contributed by atoms with E-state index in [1.54, 1.807) is 19.2 Å². The lowest BCUT2D eigenvalue weighted by molar-refractivity contribution is 0.315. The van der Waals surface area contributed by atoms with Gasteiger partial charge in [-0.15, -0.1) is 0 Å². The van der Waals surface area contributed by atoms with Crippen molar-refractivity contribution in [3.8, 4) is 17.6 Å². The molecule has 2 rings (SSSR count). The van der Waals surface area contributed by atoms with Gasteiger partial charge in [0.25, 0.3) is 0 Å². The maximum Gasteiger partial charge on any atom is 0.143 e. The molecule has 0 saturated carbocycles. The van der Waals surface area contributed by atoms with Gasteiger partial charge in [-0.2, -0.15) is 5.26 Å². The van der Waals surface area contributed by atoms with Crippen molar-refractivity contribution in [2.24, 2.45) is 0 Å². The molecule has 0 aromatic heterocycles. The van der Waals surface area contributed by atoms with Gasteiger partial charge in [-0.3, -0.25) is 0 Å². The summed E-state index contributed by atoms with van der Waals surface area (Å²) in [5.74, 6) is 1.55. The molecule has 2 aromatic carbocycles. The summed E-state index contributed by atoms with van der Waals surface area (Å²) in [6, 6.07) is 17.3. The molecule has 0 heterocycles. The van der Waals surface area contributed by atoms with Crippen molar-refractivity contribution in [3.05, 3.63) is 54.1 Å². The van der Waals surface area contributed by atoms with Crippen LogP contribution in [0.1, 0.15) is 12.0 Å². The Hall–Kier alpha value is -2.67. The summed E-state index contributed by atoms with van der Waals surface area (Å²) >= 11 is 0. The van der Waals surface area contributed by atoms with E-state index in [1.165, 1.54) is 0 Å². The highest BCUT2D eigenvalue weighted by molar-refractivity contribution is 5.66. The first-order valence-electron chi connectivity index (χ1n) is 6.84. The van der Waals surface area contributed by atoms with Gasteiger partial charge >= 0.3 is 0 Å². The Labute approximate surface area is 124 Å². The fraction of sp³-hybridized carbons (Fsp3) is 0.235. The van der Waals surface area contributed by atoms with Crippen molar-refractivity contribution in [2.45, 2.75) is 6.42 Å². The maximum atomic E-state index is 9.12. The molecule has 0 radical (unpaired) electrons. The number of hydrogen-bond acceptors (Lipinski definition) is 4. The quantitative estimate of drug-likeness (QED) is 0.790. The van der Waals surface area contributed by atoms with Crippen LogP contribution in [0.5, 0.6) is 11.5 Å². The summed E-state index contributed by atoms with van der Waals surface area (Å²) in [6.07, 6.45) is 0.831. The number of benzene rings is 2. The Balaban J connectivity index is 1.82. The van der Waals surface area contributed by atoms with Crippen molar-refractivity contribution in [2.75, 3.05) is 25.6 Å². The number of hydrogen-bond donors (Lipinski definition) is 1. The number of anilines is 1. The first kappa shape index (κ1) is 14.7. The molecular formula is C17H18N2O2. The number of methoxy groups -OCH3 is 1. The van der Waals surface area contributed by atoms with E-state index in [0.29, 0.717) is 24.5 Å². The Morgan fingerprint density at radius 3 is 2.62 bits per heavy atom. The minimum Gasteiger partial charge on any atom is -0.495 e. The first-order valence-corrected chi connectivity index (χ1v) is 6.84. The monoisotopic (exact) mass is 282 g/mol. The van der Waals surface area contributed by atoms with Crippen molar-refractivity contribution in [3.63, 3.8) is 0 Å². The molecule has 4 nitrogen and oxygen atoms in total. The first-order chi connectivity index (χ1) is 10.3. The predicted octanol–water partition coefficient (Wildman–Crippen LogP) is 3.45. The molecule has 0 spiro atoms. The summed E-state index contributed by atoms with van der Waals surface area (Å²) in [4.78, 5) is 0. The molecule has 0 atom stereocenters. The van der Waals surface area contributed by atoms with Crippen molar-refractivity contribution < 1.29 is 9.47 Å². The molecule has 0 saturated heterocycles. The van der Waals surface area contributed by atoms with Gasteiger partial charge in [0.15, 0.2) is 0 Å². The van der Waals surface area contributed by atoms with Crippen LogP contribution in [0.4, 0.5) is 5.69 Å². The number of nitrogens with zero attached hydrogens (tertiary/aromatic N) is 1. The molecule has 2 aromatic rings. The maximum absolute atomic E-state index is 9.12. The zero-order valence-corrected chi connectivity index (χ0v) is 12.0. The molecule has 0 aliphatic carbocycles. The standard InChI is InChI=1S/C17H18N2O2/c1-20-16-10-5-7-14(13-18)17(16)19-11-6-12-21-15-8-3-2-4-9-15/h2-5,7-10,19H,6,11-12H2,1H3. The topological polar surface area (TPSA) is 54.3 Å². The van der Waals surface area contributed by atoms with Crippen molar-refractivity contribution >= 4 is 5.69 Å². The van der Waals surface area contributed by atoms with Gasteiger partial charge in [-0.25, -0.2) is 0 Å². The lowest BCUT2D eigenvalue weighted by atomic mass is 10.1. The fourth-order valence-corrected chi connectivity index (χ4v) is 1.97. The van der Waals surface area contributed by atoms with Crippen LogP contribution in [0.25, 0.3) is 0 Å². The average molecular weight is 282 g/mol. The third-order valence-electron chi connectivity index (χ3n) is 3.00. The van der Waals surface area contributed by atoms with Crippen LogP contribution in [0.15, 0.2) is 48.5 Å². The van der Waals surface area contributed by atoms with E-state index in [4.69, 9.17) is 14.7 Å². The average Bonchev–Trinajstić information content (AvgIpc) is 2.55. The molecule has 108 valence electrons. The lowest BCUT2D eigenvalue weighted by Gasteiger charge is -2.12. The number of nitrogens with one attached hydrogen (secondary N) is 1. The molecule has 0 unspecified atom stereocenters. The van der Waals surface area contributed by atoms with Crippen LogP contribution in [0.3, 0.4) is 0 Å². The van der Waals surface area contributed by atoms with Gasteiger partial charge in [0.1, 0.15) is 17.6 Å². The van der Waals surface area contributed by atoms with E-state index < -0.39 is 0 Å². The third kappa shape index (κ3) is 4.15. The van der Waals surface area contributed by atoms with E-state index in [1.807, 2.05) is 36.4 Å². The van der Waals surface area contributed by atoms with E-state index in [0.717, 1.165) is 17.9 Å². The highest BCUT2D eigenvalue weighted by atomic mass is 16.5. The number of para-hydroxylation sites is 2. The second-order valence-corrected chi connectivity index (χ2v) is 4.44. The molecule has 4 heteroatoms. The zero-order chi connectivity index (χ0) is 14.9. The Bertz CT molecular complexity index is 606. The van der Waals surface area contributed by atoms with Crippen LogP contribution in [0.2, 0.25) is 0 Å². The van der Waals surface area contributed by atoms with Crippen LogP contribution < -0.4 is 14.8 Å². The van der Waals surface area contributed by atoms with Crippen LogP contribution >= 0.6 is 0 Å². The molecule has 0 fully saturated rings. The summed E-state index contributed by atoms with van der Waals surface area (Å²) < 4.78 is 10.9. The van der Waals surface area contributed by atoms with Gasteiger partial charge < -0.3 is 14.8 Å². The Morgan fingerprint density at radius 1 is 1.10 bits per heavy atom. The summed E-state index contributed by atoms with van der Waals surface area (Å²) in [7, 11) is 1.60. The van der Waals surface area contributed by atoms with Crippen LogP contribution in [0, 0.1) is 11.3 Å². The van der Waals surface area contributed by atoms with E-state index in [2.05, 4.69) is 11.4 Å². The lowest BCUT2D eigenvalue weighted by Crippen LogP contribution is -2.09. The summed E-state index contributed by atoms with van der Waals surface area (Å²) in [6.45, 7) is 1.33. The SMILES string of the molecule is COc1cccc(C#N)c1NCCCOc1ccccc1. The van der Waals surface area contributed by atoms with Gasteiger partial charge in [-0.05, 0) is 30.7 Å². The Kier molecular flexibility index (Phi) is 5.48. The highest BCUT2D eigenvalue weighted by Gasteiger charge is 2.07. The Morgan fingerprint density at radius 2 is 1.90 bits per heavy atom. The molecular weight excluding hydrogens is 264 g/mol. The number of rotatable bonds is 7. The van der Waals surface area contributed by atoms with Crippen molar-refractivity contribution in [1.82, 2.24) is 0 Å². The van der Waals surface area contributed by atoms with E-state index in [9.17, 15) is 0 Å². The normalized spacial score (nSPS) is 9.71. The van der Waals surface area contributed by atoms with E-state index in [-0.39, 0.29) is 0 Å². The summed E-state index contributed by atoms with van der Waals surface area (Å²) in [5.41, 5.74) is 1.32. The van der Waals surface area contributed by atoms with Gasteiger partial charge in [0.2, 0.25) is 0 Å². The zero-order valence-electron chi connectivity index (χ0n) is 12.0. The smallest absolute Gasteiger partial charge is 0.143 e. The number of ether oxygens (including phenoxy) is 2. The minimum atomic E-state index is 0.582. The third-order valence-corrected chi connectivity index (χ3v) is 3.00. The second kappa shape index (κ2) is 7.81. The van der Waals surface area contributed by atoms with E-state index >= 15 is 0 Å². The molecule has 21 heavy (non-hydrogen) atoms. The molecule has 1 N–H and O–H groups in total.